The number of aryl methyl sites for hydroxylation is 2. The minimum Gasteiger partial charge on any atom is -0.870 e. The molecule has 13 heteroatoms. The first-order valence-electron chi connectivity index (χ1n) is 17.9. The molecule has 0 heterocycles. The van der Waals surface area contributed by atoms with Crippen molar-refractivity contribution in [3.63, 3.8) is 0 Å². The van der Waals surface area contributed by atoms with Gasteiger partial charge in [-0.15, -0.1) is 0 Å². The molecule has 0 unspecified atom stereocenters. The van der Waals surface area contributed by atoms with Gasteiger partial charge in [0.2, 0.25) is 0 Å². The maximum Gasteiger partial charge on any atom is 2.00 e. The molecule has 0 aliphatic rings. The Morgan fingerprint density at radius 1 is 0.566 bits per heavy atom. The molecule has 4 rings (SSSR count). The molecule has 0 aliphatic carbocycles. The van der Waals surface area contributed by atoms with Crippen LogP contribution in [0.1, 0.15) is 102 Å². The molecule has 4 aromatic rings. The van der Waals surface area contributed by atoms with Crippen LogP contribution in [-0.4, -0.2) is 68.8 Å². The molecule has 0 spiro atoms. The van der Waals surface area contributed by atoms with Gasteiger partial charge in [0.1, 0.15) is 26.5 Å². The van der Waals surface area contributed by atoms with E-state index in [4.69, 9.17) is 9.47 Å². The van der Waals surface area contributed by atoms with Gasteiger partial charge in [0.05, 0.1) is 4.90 Å². The molecule has 4 aromatic carbocycles. The average Bonchev–Trinajstić information content (AvgIpc) is 3.10. The minimum absolute atomic E-state index is 0. The molecule has 10 nitrogen and oxygen atoms in total. The zero-order valence-electron chi connectivity index (χ0n) is 30.7. The Kier molecular flexibility index (Phi) is 20.8. The van der Waals surface area contributed by atoms with Crippen molar-refractivity contribution >= 4 is 58.0 Å². The second kappa shape index (κ2) is 23.8. The fourth-order valence-electron chi connectivity index (χ4n) is 5.64. The standard InChI is InChI=1S/2C20H26O5S.Ca/c2*1-2-3-4-5-6-7-11-16-12-10-15-19(26(22,23)24)20(16)25-18-14-9-8-13-17(18)21;/h2*8-10,12-15,21H,2-7,11H2,1H3,(H,22,23,24);/q;;+2/p-2. The smallest absolute Gasteiger partial charge is 0.870 e. The van der Waals surface area contributed by atoms with Crippen LogP contribution in [0.2, 0.25) is 0 Å². The van der Waals surface area contributed by atoms with Gasteiger partial charge in [0.25, 0.3) is 10.1 Å². The van der Waals surface area contributed by atoms with Gasteiger partial charge in [-0.1, -0.05) is 138 Å². The summed E-state index contributed by atoms with van der Waals surface area (Å²) < 4.78 is 79.2. The van der Waals surface area contributed by atoms with Crippen LogP contribution in [0, 0.1) is 0 Å². The van der Waals surface area contributed by atoms with E-state index in [2.05, 4.69) is 13.8 Å². The average molecular weight is 795 g/mol. The summed E-state index contributed by atoms with van der Waals surface area (Å²) in [5.41, 5.74) is 1.32. The number of phenolic OH excluding ortho intramolecular Hbond substituents is 1. The van der Waals surface area contributed by atoms with Gasteiger partial charge in [-0.25, -0.2) is 8.42 Å². The largest absolute Gasteiger partial charge is 2.00 e. The van der Waals surface area contributed by atoms with E-state index in [0.717, 1.165) is 38.5 Å². The van der Waals surface area contributed by atoms with Crippen molar-refractivity contribution in [2.75, 3.05) is 0 Å². The normalized spacial score (nSPS) is 11.2. The summed E-state index contributed by atoms with van der Waals surface area (Å²) in [4.78, 5) is -0.714. The van der Waals surface area contributed by atoms with Crippen LogP contribution in [0.3, 0.4) is 0 Å². The summed E-state index contributed by atoms with van der Waals surface area (Å²) >= 11 is 0. The van der Waals surface area contributed by atoms with E-state index in [9.17, 15) is 36.2 Å². The molecule has 2 N–H and O–H groups in total. The second-order valence-electron chi connectivity index (χ2n) is 12.6. The molecule has 0 fully saturated rings. The maximum absolute atomic E-state index is 11.9. The molecule has 0 aliphatic heterocycles. The van der Waals surface area contributed by atoms with E-state index in [0.29, 0.717) is 24.0 Å². The summed E-state index contributed by atoms with van der Waals surface area (Å²) in [6.07, 6.45) is 14.5. The Morgan fingerprint density at radius 2 is 1.00 bits per heavy atom. The third kappa shape index (κ3) is 15.8. The van der Waals surface area contributed by atoms with Gasteiger partial charge in [-0.3, -0.25) is 4.55 Å². The van der Waals surface area contributed by atoms with Gasteiger partial charge in [-0.05, 0) is 67.1 Å². The van der Waals surface area contributed by atoms with Crippen molar-refractivity contribution in [3.05, 3.63) is 96.1 Å². The second-order valence-corrected chi connectivity index (χ2v) is 15.3. The third-order valence-electron chi connectivity index (χ3n) is 8.41. The number of aromatic hydroxyl groups is 1. The van der Waals surface area contributed by atoms with Crippen molar-refractivity contribution in [2.24, 2.45) is 0 Å². The predicted octanol–water partition coefficient (Wildman–Crippen LogP) is 9.31. The molecule has 0 aromatic heterocycles. The summed E-state index contributed by atoms with van der Waals surface area (Å²) in [5, 5.41) is 21.8. The molecular weight excluding hydrogens is 745 g/mol. The van der Waals surface area contributed by atoms with Crippen LogP contribution >= 0.6 is 0 Å². The van der Waals surface area contributed by atoms with E-state index in [-0.39, 0.29) is 77.1 Å². The van der Waals surface area contributed by atoms with Crippen LogP contribution in [0.25, 0.3) is 0 Å². The number of unbranched alkanes of at least 4 members (excludes halogenated alkanes) is 10. The summed E-state index contributed by atoms with van der Waals surface area (Å²) in [7, 11) is -9.15. The van der Waals surface area contributed by atoms with Gasteiger partial charge < -0.3 is 24.2 Å². The molecule has 0 bridgehead atoms. The van der Waals surface area contributed by atoms with Crippen LogP contribution in [-0.2, 0) is 33.1 Å². The first-order chi connectivity index (χ1) is 24.9. The first-order valence-corrected chi connectivity index (χ1v) is 20.8. The zero-order chi connectivity index (χ0) is 38.0. The van der Waals surface area contributed by atoms with Crippen LogP contribution < -0.4 is 14.6 Å². The Bertz CT molecular complexity index is 1780. The Balaban J connectivity index is 0.000000360. The van der Waals surface area contributed by atoms with E-state index < -0.39 is 25.1 Å². The topological polar surface area (TPSA) is 173 Å². The molecule has 0 atom stereocenters. The van der Waals surface area contributed by atoms with E-state index in [1.807, 2.05) is 0 Å². The summed E-state index contributed by atoms with van der Waals surface area (Å²) in [5.74, 6) is -0.260. The molecular formula is C40H50CaO10S2. The molecule has 53 heavy (non-hydrogen) atoms. The summed E-state index contributed by atoms with van der Waals surface area (Å²) in [6.45, 7) is 4.33. The molecule has 284 valence electrons. The number of hydrogen-bond donors (Lipinski definition) is 2. The SMILES string of the molecule is CCCCCCCCc1cccc(S(=O)(=O)O)c1Oc1ccccc1O.CCCCCCCCc1cccc(S(=O)(=O)[O-])c1Oc1ccccc1[O-].[Ca+2]. The van der Waals surface area contributed by atoms with Crippen molar-refractivity contribution in [2.45, 2.75) is 114 Å². The predicted molar refractivity (Wildman–Crippen MR) is 205 cm³/mol. The zero-order valence-corrected chi connectivity index (χ0v) is 34.5. The van der Waals surface area contributed by atoms with Crippen LogP contribution in [0.15, 0.2) is 94.7 Å². The van der Waals surface area contributed by atoms with Crippen LogP contribution in [0.4, 0.5) is 0 Å². The van der Waals surface area contributed by atoms with E-state index in [1.54, 1.807) is 48.5 Å². The van der Waals surface area contributed by atoms with E-state index in [1.165, 1.54) is 74.9 Å². The maximum atomic E-state index is 11.9. The van der Waals surface area contributed by atoms with Gasteiger partial charge in [0, 0.05) is 0 Å². The summed E-state index contributed by atoms with van der Waals surface area (Å²) in [6, 6.07) is 21.5. The molecule has 0 amide bonds. The Morgan fingerprint density at radius 3 is 1.49 bits per heavy atom. The number of para-hydroxylation sites is 6. The molecule has 0 saturated carbocycles. The monoisotopic (exact) mass is 794 g/mol. The van der Waals surface area contributed by atoms with Gasteiger partial charge in [-0.2, -0.15) is 8.42 Å². The number of rotatable bonds is 20. The van der Waals surface area contributed by atoms with Gasteiger partial charge >= 0.3 is 37.7 Å². The minimum atomic E-state index is -4.71. The fourth-order valence-corrected chi connectivity index (χ4v) is 6.94. The third-order valence-corrected chi connectivity index (χ3v) is 10.1. The fraction of sp³-hybridized carbons (Fsp3) is 0.400. The Hall–Kier alpha value is -2.84. The quantitative estimate of drug-likeness (QED) is 0.0499. The van der Waals surface area contributed by atoms with Crippen molar-refractivity contribution in [1.82, 2.24) is 0 Å². The number of benzene rings is 4. The van der Waals surface area contributed by atoms with Crippen molar-refractivity contribution < 1.29 is 45.6 Å². The van der Waals surface area contributed by atoms with Gasteiger partial charge in [0.15, 0.2) is 17.2 Å². The number of ether oxygens (including phenoxy) is 2. The Labute approximate surface area is 345 Å². The van der Waals surface area contributed by atoms with Crippen molar-refractivity contribution in [1.29, 1.82) is 0 Å². The number of phenols is 1. The molecule has 0 saturated heterocycles. The van der Waals surface area contributed by atoms with E-state index >= 15 is 0 Å². The first kappa shape index (κ1) is 46.3. The molecule has 0 radical (unpaired) electrons. The van der Waals surface area contributed by atoms with Crippen molar-refractivity contribution in [3.8, 4) is 34.5 Å². The number of hydrogen-bond acceptors (Lipinski definition) is 9. The van der Waals surface area contributed by atoms with Crippen LogP contribution in [0.5, 0.6) is 34.5 Å².